The fraction of sp³-hybridized carbons (Fsp3) is 0.150. The number of alkyl halides is 3. The van der Waals surface area contributed by atoms with E-state index in [1.165, 1.54) is 35.9 Å². The Kier molecular flexibility index (Phi) is 5.04. The van der Waals surface area contributed by atoms with Crippen LogP contribution in [0.1, 0.15) is 33.2 Å². The summed E-state index contributed by atoms with van der Waals surface area (Å²) in [6, 6.07) is 7.82. The molecule has 0 bridgehead atoms. The minimum Gasteiger partial charge on any atom is -0.321 e. The molecule has 0 aliphatic carbocycles. The Balaban J connectivity index is 1.80. The summed E-state index contributed by atoms with van der Waals surface area (Å²) in [4.78, 5) is 28.2. The van der Waals surface area contributed by atoms with E-state index in [1.807, 2.05) is 0 Å². The highest BCUT2D eigenvalue weighted by molar-refractivity contribution is 6.06. The quantitative estimate of drug-likeness (QED) is 0.700. The molecule has 3 aromatic rings. The van der Waals surface area contributed by atoms with E-state index in [-0.39, 0.29) is 12.0 Å². The van der Waals surface area contributed by atoms with Crippen molar-refractivity contribution in [1.82, 2.24) is 9.55 Å². The molecule has 2 aromatic heterocycles. The SMILES string of the molecule is CC(=O)n1ccc2cc(NC(=O)c3ccc(C=CC(F)(F)F)cc3C)cnc21. The highest BCUT2D eigenvalue weighted by Crippen LogP contribution is 2.21. The summed E-state index contributed by atoms with van der Waals surface area (Å²) in [5, 5.41) is 3.40. The third kappa shape index (κ3) is 4.28. The van der Waals surface area contributed by atoms with Crippen LogP contribution >= 0.6 is 0 Å². The zero-order valence-corrected chi connectivity index (χ0v) is 15.0. The molecule has 0 spiro atoms. The molecule has 1 aromatic carbocycles. The van der Waals surface area contributed by atoms with Gasteiger partial charge in [-0.1, -0.05) is 18.2 Å². The van der Waals surface area contributed by atoms with Crippen LogP contribution in [0.25, 0.3) is 17.1 Å². The van der Waals surface area contributed by atoms with Crippen LogP contribution in [0.2, 0.25) is 0 Å². The smallest absolute Gasteiger partial charge is 0.321 e. The number of nitrogens with zero attached hydrogens (tertiary/aromatic N) is 2. The molecule has 0 aliphatic rings. The van der Waals surface area contributed by atoms with Crippen molar-refractivity contribution in [1.29, 1.82) is 0 Å². The lowest BCUT2D eigenvalue weighted by molar-refractivity contribution is -0.0790. The highest BCUT2D eigenvalue weighted by Gasteiger charge is 2.21. The molecule has 0 atom stereocenters. The van der Waals surface area contributed by atoms with Crippen molar-refractivity contribution >= 4 is 34.6 Å². The summed E-state index contributed by atoms with van der Waals surface area (Å²) in [7, 11) is 0. The molecule has 3 rings (SSSR count). The Morgan fingerprint density at radius 2 is 1.93 bits per heavy atom. The maximum absolute atomic E-state index is 12.5. The maximum Gasteiger partial charge on any atom is 0.409 e. The summed E-state index contributed by atoms with van der Waals surface area (Å²) in [6.07, 6.45) is -0.253. The molecule has 1 amide bonds. The number of pyridine rings is 1. The van der Waals surface area contributed by atoms with Crippen LogP contribution in [0.15, 0.2) is 48.8 Å². The van der Waals surface area contributed by atoms with Crippen molar-refractivity contribution in [2.45, 2.75) is 20.0 Å². The average molecular weight is 387 g/mol. The molecule has 0 saturated heterocycles. The number of carbonyl (C=O) groups excluding carboxylic acids is 2. The molecule has 0 aliphatic heterocycles. The monoisotopic (exact) mass is 387 g/mol. The molecule has 2 heterocycles. The number of hydrogen-bond acceptors (Lipinski definition) is 3. The summed E-state index contributed by atoms with van der Waals surface area (Å²) < 4.78 is 38.2. The van der Waals surface area contributed by atoms with Gasteiger partial charge in [-0.25, -0.2) is 4.98 Å². The summed E-state index contributed by atoms with van der Waals surface area (Å²) in [6.45, 7) is 3.07. The van der Waals surface area contributed by atoms with Crippen LogP contribution in [-0.4, -0.2) is 27.5 Å². The van der Waals surface area contributed by atoms with Crippen LogP contribution in [0.5, 0.6) is 0 Å². The van der Waals surface area contributed by atoms with Gasteiger partial charge in [-0.3, -0.25) is 14.2 Å². The Morgan fingerprint density at radius 3 is 2.57 bits per heavy atom. The summed E-state index contributed by atoms with van der Waals surface area (Å²) in [5.41, 5.74) is 2.16. The van der Waals surface area contributed by atoms with E-state index in [2.05, 4.69) is 10.3 Å². The second-order valence-electron chi connectivity index (χ2n) is 6.25. The van der Waals surface area contributed by atoms with E-state index in [0.717, 1.165) is 6.08 Å². The van der Waals surface area contributed by atoms with Crippen LogP contribution in [-0.2, 0) is 0 Å². The van der Waals surface area contributed by atoms with Gasteiger partial charge < -0.3 is 5.32 Å². The van der Waals surface area contributed by atoms with Crippen molar-refractivity contribution in [3.63, 3.8) is 0 Å². The molecule has 0 unspecified atom stereocenters. The predicted molar refractivity (Wildman–Crippen MR) is 100 cm³/mol. The zero-order chi connectivity index (χ0) is 20.5. The third-order valence-corrected chi connectivity index (χ3v) is 4.08. The van der Waals surface area contributed by atoms with Gasteiger partial charge in [0.2, 0.25) is 5.91 Å². The lowest BCUT2D eigenvalue weighted by atomic mass is 10.0. The van der Waals surface area contributed by atoms with E-state index < -0.39 is 12.1 Å². The zero-order valence-electron chi connectivity index (χ0n) is 15.0. The van der Waals surface area contributed by atoms with Crippen LogP contribution in [0, 0.1) is 6.92 Å². The standard InChI is InChI=1S/C20H16F3N3O2/c1-12-9-14(5-7-20(21,22)23)3-4-17(12)19(28)25-16-10-15-6-8-26(13(2)27)18(15)24-11-16/h3-11H,1-2H3,(H,25,28). The van der Waals surface area contributed by atoms with Crippen LogP contribution in [0.3, 0.4) is 0 Å². The Morgan fingerprint density at radius 1 is 1.18 bits per heavy atom. The number of rotatable bonds is 3. The lowest BCUT2D eigenvalue weighted by Gasteiger charge is -2.09. The summed E-state index contributed by atoms with van der Waals surface area (Å²) in [5.74, 6) is -0.578. The number of benzene rings is 1. The first-order chi connectivity index (χ1) is 13.1. The second kappa shape index (κ2) is 7.30. The van der Waals surface area contributed by atoms with Crippen LogP contribution in [0.4, 0.5) is 18.9 Å². The normalized spacial score (nSPS) is 11.9. The first kappa shape index (κ1) is 19.3. The van der Waals surface area contributed by atoms with Crippen LogP contribution < -0.4 is 5.32 Å². The number of aromatic nitrogens is 2. The number of halogens is 3. The number of hydrogen-bond donors (Lipinski definition) is 1. The Labute approximate surface area is 158 Å². The highest BCUT2D eigenvalue weighted by atomic mass is 19.4. The average Bonchev–Trinajstić information content (AvgIpc) is 3.02. The van der Waals surface area contributed by atoms with Crippen molar-refractivity contribution in [2.75, 3.05) is 5.32 Å². The van der Waals surface area contributed by atoms with Crippen molar-refractivity contribution in [2.24, 2.45) is 0 Å². The maximum atomic E-state index is 12.5. The first-order valence-corrected chi connectivity index (χ1v) is 8.30. The predicted octanol–water partition coefficient (Wildman–Crippen LogP) is 4.83. The molecule has 0 saturated carbocycles. The largest absolute Gasteiger partial charge is 0.409 e. The van der Waals surface area contributed by atoms with E-state index >= 15 is 0 Å². The number of carbonyl (C=O) groups is 2. The van der Waals surface area contributed by atoms with E-state index in [4.69, 9.17) is 0 Å². The van der Waals surface area contributed by atoms with E-state index in [9.17, 15) is 22.8 Å². The second-order valence-corrected chi connectivity index (χ2v) is 6.25. The summed E-state index contributed by atoms with van der Waals surface area (Å²) >= 11 is 0. The minimum atomic E-state index is -4.39. The molecular formula is C20H16F3N3O2. The van der Waals surface area contributed by atoms with Gasteiger partial charge in [-0.15, -0.1) is 0 Å². The molecule has 28 heavy (non-hydrogen) atoms. The van der Waals surface area contributed by atoms with Crippen molar-refractivity contribution < 1.29 is 22.8 Å². The number of amides is 1. The molecule has 0 radical (unpaired) electrons. The van der Waals surface area contributed by atoms with Gasteiger partial charge >= 0.3 is 6.18 Å². The molecule has 8 heteroatoms. The lowest BCUT2D eigenvalue weighted by Crippen LogP contribution is -2.13. The van der Waals surface area contributed by atoms with Crippen molar-refractivity contribution in [3.05, 3.63) is 65.5 Å². The van der Waals surface area contributed by atoms with Gasteiger partial charge in [0, 0.05) is 30.1 Å². The molecule has 5 nitrogen and oxygen atoms in total. The molecular weight excluding hydrogens is 371 g/mol. The fourth-order valence-electron chi connectivity index (χ4n) is 2.78. The fourth-order valence-corrected chi connectivity index (χ4v) is 2.78. The topological polar surface area (TPSA) is 64.0 Å². The van der Waals surface area contributed by atoms with Gasteiger partial charge in [0.25, 0.3) is 5.91 Å². The number of fused-ring (bicyclic) bond motifs is 1. The molecule has 0 fully saturated rings. The van der Waals surface area contributed by atoms with Crippen molar-refractivity contribution in [3.8, 4) is 0 Å². The van der Waals surface area contributed by atoms with E-state index in [1.54, 1.807) is 25.3 Å². The Bertz CT molecular complexity index is 1100. The van der Waals surface area contributed by atoms with Gasteiger partial charge in [-0.2, -0.15) is 13.2 Å². The number of allylic oxidation sites excluding steroid dienone is 1. The van der Waals surface area contributed by atoms with E-state index in [0.29, 0.717) is 33.4 Å². The third-order valence-electron chi connectivity index (χ3n) is 4.08. The minimum absolute atomic E-state index is 0.148. The Hall–Kier alpha value is -3.42. The molecule has 1 N–H and O–H groups in total. The molecule has 144 valence electrons. The van der Waals surface area contributed by atoms with Gasteiger partial charge in [-0.05, 0) is 36.2 Å². The van der Waals surface area contributed by atoms with Gasteiger partial charge in [0.15, 0.2) is 0 Å². The van der Waals surface area contributed by atoms with Gasteiger partial charge in [0.1, 0.15) is 5.65 Å². The number of anilines is 1. The number of aryl methyl sites for hydroxylation is 1. The number of nitrogens with one attached hydrogen (secondary N) is 1. The van der Waals surface area contributed by atoms with Gasteiger partial charge in [0.05, 0.1) is 11.9 Å². The first-order valence-electron chi connectivity index (χ1n) is 8.30.